The van der Waals surface area contributed by atoms with Gasteiger partial charge >= 0.3 is 5.97 Å². The van der Waals surface area contributed by atoms with Gasteiger partial charge in [0, 0.05) is 38.6 Å². The van der Waals surface area contributed by atoms with Crippen LogP contribution in [-0.4, -0.2) is 80.2 Å². The van der Waals surface area contributed by atoms with Gasteiger partial charge in [0.25, 0.3) is 0 Å². The smallest absolute Gasteiger partial charge is 0.338 e. The summed E-state index contributed by atoms with van der Waals surface area (Å²) in [5.74, 6) is -0.0635. The molecule has 0 radical (unpaired) electrons. The van der Waals surface area contributed by atoms with Crippen LogP contribution in [0.3, 0.4) is 0 Å². The number of hydrogen-bond donors (Lipinski definition) is 0. The molecule has 5 rings (SSSR count). The number of carbonyl (C=O) groups excluding carboxylic acids is 2. The van der Waals surface area contributed by atoms with E-state index in [4.69, 9.17) is 4.74 Å². The van der Waals surface area contributed by atoms with Gasteiger partial charge in [0.2, 0.25) is 5.91 Å². The van der Waals surface area contributed by atoms with Crippen LogP contribution in [0.5, 0.6) is 0 Å². The molecule has 0 bridgehead atoms. The Morgan fingerprint density at radius 3 is 2.63 bits per heavy atom. The second-order valence-corrected chi connectivity index (χ2v) is 9.50. The first-order valence-corrected chi connectivity index (χ1v) is 12.1. The van der Waals surface area contributed by atoms with Crippen molar-refractivity contribution in [2.75, 3.05) is 26.2 Å². The molecule has 9 nitrogen and oxygen atoms in total. The molecule has 0 spiro atoms. The highest BCUT2D eigenvalue weighted by molar-refractivity contribution is 5.92. The molecule has 2 aromatic carbocycles. The van der Waals surface area contributed by atoms with Gasteiger partial charge in [-0.05, 0) is 65.6 Å². The maximum Gasteiger partial charge on any atom is 0.338 e. The molecule has 9 heteroatoms. The zero-order chi connectivity index (χ0) is 24.4. The standard InChI is InChI=1S/C26H30N6O3/c1-18-16-30(10-9-21-5-8-24-22(14-21)13-19(2)35-26(24)34)11-12-31(18)25(33)15-20-3-6-23(7-4-20)32-17-27-28-29-32/h3-8,14,17-19H,9-13,15-16H2,1-2H3/t18-,19?/m1/s1. The Morgan fingerprint density at radius 2 is 1.89 bits per heavy atom. The number of piperazine rings is 1. The Labute approximate surface area is 204 Å². The molecule has 2 aliphatic rings. The first-order valence-electron chi connectivity index (χ1n) is 12.1. The number of fused-ring (bicyclic) bond motifs is 1. The quantitative estimate of drug-likeness (QED) is 0.505. The lowest BCUT2D eigenvalue weighted by Gasteiger charge is -2.40. The highest BCUT2D eigenvalue weighted by atomic mass is 16.5. The lowest BCUT2D eigenvalue weighted by Crippen LogP contribution is -2.54. The van der Waals surface area contributed by atoms with Crippen LogP contribution in [0.15, 0.2) is 48.8 Å². The predicted molar refractivity (Wildman–Crippen MR) is 129 cm³/mol. The summed E-state index contributed by atoms with van der Waals surface area (Å²) < 4.78 is 6.91. The van der Waals surface area contributed by atoms with Gasteiger partial charge in [-0.15, -0.1) is 5.10 Å². The van der Waals surface area contributed by atoms with Gasteiger partial charge in [0.15, 0.2) is 0 Å². The number of cyclic esters (lactones) is 1. The van der Waals surface area contributed by atoms with Crippen molar-refractivity contribution in [3.05, 3.63) is 71.0 Å². The summed E-state index contributed by atoms with van der Waals surface area (Å²) in [6, 6.07) is 14.0. The summed E-state index contributed by atoms with van der Waals surface area (Å²) in [6.45, 7) is 7.44. The van der Waals surface area contributed by atoms with E-state index in [9.17, 15) is 9.59 Å². The van der Waals surface area contributed by atoms with Crippen LogP contribution in [0.25, 0.3) is 5.69 Å². The minimum absolute atomic E-state index is 0.0688. The largest absolute Gasteiger partial charge is 0.459 e. The zero-order valence-electron chi connectivity index (χ0n) is 20.1. The highest BCUT2D eigenvalue weighted by Gasteiger charge is 2.27. The van der Waals surface area contributed by atoms with Crippen LogP contribution >= 0.6 is 0 Å². The summed E-state index contributed by atoms with van der Waals surface area (Å²) in [6.07, 6.45) is 3.55. The van der Waals surface area contributed by atoms with Gasteiger partial charge in [0.05, 0.1) is 17.7 Å². The molecular weight excluding hydrogens is 444 g/mol. The summed E-state index contributed by atoms with van der Waals surface area (Å²) in [5.41, 5.74) is 4.86. The van der Waals surface area contributed by atoms with E-state index in [2.05, 4.69) is 33.4 Å². The van der Waals surface area contributed by atoms with Crippen molar-refractivity contribution < 1.29 is 14.3 Å². The molecule has 0 aliphatic carbocycles. The summed E-state index contributed by atoms with van der Waals surface area (Å²) in [5, 5.41) is 11.2. The molecule has 3 heterocycles. The predicted octanol–water partition coefficient (Wildman–Crippen LogP) is 2.08. The maximum atomic E-state index is 13.0. The lowest BCUT2D eigenvalue weighted by molar-refractivity contribution is -0.134. The van der Waals surface area contributed by atoms with E-state index in [0.717, 1.165) is 55.8 Å². The third kappa shape index (κ3) is 5.24. The van der Waals surface area contributed by atoms with Crippen molar-refractivity contribution in [1.29, 1.82) is 0 Å². The fourth-order valence-corrected chi connectivity index (χ4v) is 4.98. The van der Waals surface area contributed by atoms with Gasteiger partial charge in [0.1, 0.15) is 12.4 Å². The van der Waals surface area contributed by atoms with Crippen molar-refractivity contribution in [2.45, 2.75) is 45.3 Å². The zero-order valence-corrected chi connectivity index (χ0v) is 20.1. The Hall–Kier alpha value is -3.59. The SMILES string of the molecule is CC1Cc2cc(CCN3CCN(C(=O)Cc4ccc(-n5cnnn5)cc4)[C@H](C)C3)ccc2C(=O)O1. The molecule has 1 unspecified atom stereocenters. The number of hydrogen-bond acceptors (Lipinski definition) is 7. The van der Waals surface area contributed by atoms with E-state index in [0.29, 0.717) is 12.0 Å². The molecular formula is C26H30N6O3. The second-order valence-electron chi connectivity index (χ2n) is 9.50. The van der Waals surface area contributed by atoms with Crippen LogP contribution in [0.1, 0.15) is 40.9 Å². The average Bonchev–Trinajstić information content (AvgIpc) is 3.38. The summed E-state index contributed by atoms with van der Waals surface area (Å²) >= 11 is 0. The molecule has 182 valence electrons. The molecule has 1 saturated heterocycles. The minimum Gasteiger partial charge on any atom is -0.459 e. The molecule has 2 aliphatic heterocycles. The molecule has 2 atom stereocenters. The number of aromatic nitrogens is 4. The van der Waals surface area contributed by atoms with Crippen molar-refractivity contribution in [3.8, 4) is 5.69 Å². The van der Waals surface area contributed by atoms with Crippen LogP contribution in [0, 0.1) is 0 Å². The van der Waals surface area contributed by atoms with E-state index in [1.807, 2.05) is 48.2 Å². The molecule has 1 amide bonds. The van der Waals surface area contributed by atoms with Crippen LogP contribution in [0.2, 0.25) is 0 Å². The first kappa shape index (κ1) is 23.2. The third-order valence-corrected chi connectivity index (χ3v) is 6.86. The van der Waals surface area contributed by atoms with Crippen molar-refractivity contribution in [1.82, 2.24) is 30.0 Å². The maximum absolute atomic E-state index is 13.0. The molecule has 1 fully saturated rings. The number of tetrazole rings is 1. The number of benzene rings is 2. The fourth-order valence-electron chi connectivity index (χ4n) is 4.98. The van der Waals surface area contributed by atoms with Crippen LogP contribution in [0.4, 0.5) is 0 Å². The van der Waals surface area contributed by atoms with Crippen molar-refractivity contribution in [3.63, 3.8) is 0 Å². The van der Waals surface area contributed by atoms with Crippen molar-refractivity contribution >= 4 is 11.9 Å². The number of amides is 1. The third-order valence-electron chi connectivity index (χ3n) is 6.86. The van der Waals surface area contributed by atoms with Gasteiger partial charge in [-0.3, -0.25) is 9.69 Å². The van der Waals surface area contributed by atoms with E-state index < -0.39 is 0 Å². The monoisotopic (exact) mass is 474 g/mol. The number of ether oxygens (including phenoxy) is 1. The Morgan fingerprint density at radius 1 is 1.09 bits per heavy atom. The Balaban J connectivity index is 1.12. The highest BCUT2D eigenvalue weighted by Crippen LogP contribution is 2.22. The van der Waals surface area contributed by atoms with Crippen LogP contribution < -0.4 is 0 Å². The van der Waals surface area contributed by atoms with E-state index >= 15 is 0 Å². The molecule has 3 aromatic rings. The topological polar surface area (TPSA) is 93.5 Å². The number of rotatable bonds is 6. The van der Waals surface area contributed by atoms with Gasteiger partial charge in [-0.1, -0.05) is 24.3 Å². The number of carbonyl (C=O) groups is 2. The lowest BCUT2D eigenvalue weighted by atomic mass is 9.96. The molecule has 35 heavy (non-hydrogen) atoms. The van der Waals surface area contributed by atoms with E-state index in [1.54, 1.807) is 11.0 Å². The molecule has 1 aromatic heterocycles. The molecule has 0 saturated carbocycles. The van der Waals surface area contributed by atoms with E-state index in [1.165, 1.54) is 5.56 Å². The van der Waals surface area contributed by atoms with Gasteiger partial charge < -0.3 is 9.64 Å². The van der Waals surface area contributed by atoms with Crippen LogP contribution in [-0.2, 0) is 28.8 Å². The Bertz CT molecular complexity index is 1190. The number of esters is 1. The van der Waals surface area contributed by atoms with Crippen molar-refractivity contribution in [2.24, 2.45) is 0 Å². The summed E-state index contributed by atoms with van der Waals surface area (Å²) in [7, 11) is 0. The summed E-state index contributed by atoms with van der Waals surface area (Å²) in [4.78, 5) is 29.5. The second kappa shape index (κ2) is 9.95. The Kier molecular flexibility index (Phi) is 6.59. The first-order chi connectivity index (χ1) is 17.0. The normalized spacial score (nSPS) is 20.4. The average molecular weight is 475 g/mol. The molecule has 0 N–H and O–H groups in total. The van der Waals surface area contributed by atoms with Gasteiger partial charge in [-0.25, -0.2) is 9.48 Å². The fraction of sp³-hybridized carbons (Fsp3) is 0.423. The van der Waals surface area contributed by atoms with Gasteiger partial charge in [-0.2, -0.15) is 0 Å². The number of nitrogens with zero attached hydrogens (tertiary/aromatic N) is 6. The van der Waals surface area contributed by atoms with E-state index in [-0.39, 0.29) is 24.0 Å². The minimum atomic E-state index is -0.219.